The van der Waals surface area contributed by atoms with Crippen LogP contribution < -0.4 is 10.6 Å². The number of nitrogens with zero attached hydrogens (tertiary/aromatic N) is 2. The second kappa shape index (κ2) is 7.66. The van der Waals surface area contributed by atoms with Crippen molar-refractivity contribution in [3.63, 3.8) is 0 Å². The average Bonchev–Trinajstić information content (AvgIpc) is 2.63. The largest absolute Gasteiger partial charge is 0.393 e. The number of aliphatic hydroxyl groups is 1. The maximum Gasteiger partial charge on any atom is 0.223 e. The van der Waals surface area contributed by atoms with Crippen LogP contribution in [0.2, 0.25) is 0 Å². The molecule has 1 atom stereocenters. The number of hydrogen-bond donors (Lipinski definition) is 3. The molecule has 26 heavy (non-hydrogen) atoms. The van der Waals surface area contributed by atoms with E-state index >= 15 is 0 Å². The molecule has 0 bridgehead atoms. The van der Waals surface area contributed by atoms with Gasteiger partial charge in [-0.15, -0.1) is 0 Å². The summed E-state index contributed by atoms with van der Waals surface area (Å²) >= 11 is 0. The van der Waals surface area contributed by atoms with Crippen molar-refractivity contribution < 1.29 is 9.50 Å². The van der Waals surface area contributed by atoms with E-state index in [9.17, 15) is 9.50 Å². The number of hydrogen-bond acceptors (Lipinski definition) is 5. The van der Waals surface area contributed by atoms with Gasteiger partial charge in [0.2, 0.25) is 5.95 Å². The molecule has 0 amide bonds. The fourth-order valence-electron chi connectivity index (χ4n) is 3.07. The van der Waals surface area contributed by atoms with Gasteiger partial charge in [-0.2, -0.15) is 0 Å². The van der Waals surface area contributed by atoms with E-state index in [0.29, 0.717) is 30.0 Å². The lowest BCUT2D eigenvalue weighted by atomic mass is 9.99. The van der Waals surface area contributed by atoms with Gasteiger partial charge in [0, 0.05) is 31.0 Å². The molecule has 1 unspecified atom stereocenters. The lowest BCUT2D eigenvalue weighted by Gasteiger charge is -2.18. The van der Waals surface area contributed by atoms with E-state index in [1.807, 2.05) is 25.1 Å². The molecule has 0 radical (unpaired) electrons. The first-order valence-corrected chi connectivity index (χ1v) is 8.73. The van der Waals surface area contributed by atoms with Gasteiger partial charge in [0.25, 0.3) is 0 Å². The molecule has 0 aliphatic heterocycles. The maximum atomic E-state index is 14.2. The summed E-state index contributed by atoms with van der Waals surface area (Å²) in [6, 6.07) is 10.6. The van der Waals surface area contributed by atoms with Crippen LogP contribution in [0.15, 0.2) is 36.4 Å². The van der Waals surface area contributed by atoms with Crippen molar-refractivity contribution in [2.45, 2.75) is 26.4 Å². The van der Waals surface area contributed by atoms with Gasteiger partial charge in [-0.3, -0.25) is 0 Å². The third-order valence-electron chi connectivity index (χ3n) is 4.18. The molecule has 2 aromatic carbocycles. The van der Waals surface area contributed by atoms with Gasteiger partial charge in [0.15, 0.2) is 0 Å². The van der Waals surface area contributed by atoms with Gasteiger partial charge < -0.3 is 15.7 Å². The van der Waals surface area contributed by atoms with E-state index in [-0.39, 0.29) is 5.82 Å². The van der Waals surface area contributed by atoms with E-state index < -0.39 is 6.10 Å². The van der Waals surface area contributed by atoms with Gasteiger partial charge in [-0.25, -0.2) is 14.4 Å². The van der Waals surface area contributed by atoms with Crippen LogP contribution in [0.25, 0.3) is 22.0 Å². The lowest BCUT2D eigenvalue weighted by molar-refractivity contribution is 0.194. The summed E-state index contributed by atoms with van der Waals surface area (Å²) in [6.07, 6.45) is -0.143. The summed E-state index contributed by atoms with van der Waals surface area (Å²) < 4.78 is 14.2. The quantitative estimate of drug-likeness (QED) is 0.628. The summed E-state index contributed by atoms with van der Waals surface area (Å²) in [5.41, 5.74) is 3.01. The summed E-state index contributed by atoms with van der Waals surface area (Å²) in [5.74, 6) is 0.201. The second-order valence-electron chi connectivity index (χ2n) is 6.19. The van der Waals surface area contributed by atoms with Crippen molar-refractivity contribution in [3.05, 3.63) is 47.9 Å². The molecule has 0 fully saturated rings. The topological polar surface area (TPSA) is 70.1 Å². The molecule has 3 N–H and O–H groups in total. The number of halogens is 1. The molecule has 5 nitrogen and oxygen atoms in total. The second-order valence-corrected chi connectivity index (χ2v) is 6.19. The molecule has 136 valence electrons. The van der Waals surface area contributed by atoms with E-state index in [2.05, 4.69) is 20.6 Å². The summed E-state index contributed by atoms with van der Waals surface area (Å²) in [5, 5.41) is 17.5. The van der Waals surface area contributed by atoms with E-state index in [0.717, 1.165) is 22.3 Å². The Morgan fingerprint density at radius 3 is 2.50 bits per heavy atom. The minimum absolute atomic E-state index is 0.263. The van der Waals surface area contributed by atoms with Crippen LogP contribution in [0.5, 0.6) is 0 Å². The van der Waals surface area contributed by atoms with Gasteiger partial charge in [0.1, 0.15) is 5.82 Å². The van der Waals surface area contributed by atoms with Crippen molar-refractivity contribution in [2.24, 2.45) is 0 Å². The number of nitrogens with one attached hydrogen (secondary N) is 2. The fraction of sp³-hybridized carbons (Fsp3) is 0.300. The van der Waals surface area contributed by atoms with Crippen molar-refractivity contribution in [3.8, 4) is 11.3 Å². The highest BCUT2D eigenvalue weighted by molar-refractivity contribution is 5.99. The van der Waals surface area contributed by atoms with Crippen molar-refractivity contribution in [1.29, 1.82) is 0 Å². The van der Waals surface area contributed by atoms with E-state index in [4.69, 9.17) is 0 Å². The zero-order chi connectivity index (χ0) is 18.7. The van der Waals surface area contributed by atoms with Gasteiger partial charge in [0.05, 0.1) is 23.2 Å². The van der Waals surface area contributed by atoms with Crippen LogP contribution in [0.4, 0.5) is 16.0 Å². The minimum atomic E-state index is -0.537. The third-order valence-corrected chi connectivity index (χ3v) is 4.18. The van der Waals surface area contributed by atoms with Gasteiger partial charge >= 0.3 is 0 Å². The molecule has 0 saturated heterocycles. The molecule has 3 aromatic rings. The first-order valence-electron chi connectivity index (χ1n) is 8.73. The van der Waals surface area contributed by atoms with E-state index in [1.54, 1.807) is 26.1 Å². The average molecular weight is 354 g/mol. The van der Waals surface area contributed by atoms with Gasteiger partial charge in [-0.1, -0.05) is 24.3 Å². The molecule has 0 spiro atoms. The number of rotatable bonds is 6. The first-order chi connectivity index (χ1) is 12.5. The van der Waals surface area contributed by atoms with Crippen molar-refractivity contribution >= 4 is 22.4 Å². The highest BCUT2D eigenvalue weighted by Crippen LogP contribution is 2.35. The Hall–Kier alpha value is -2.73. The van der Waals surface area contributed by atoms with Crippen LogP contribution in [-0.4, -0.2) is 34.8 Å². The number of aromatic nitrogens is 2. The standard InChI is InChI=1S/C20H23FN4O/c1-4-23-19-17(11-12(2)26)24-20(22-3)25-18(19)15-9-10-16(21)14-8-6-5-7-13(14)15/h5-10,12,23,26H,4,11H2,1-3H3,(H,22,24,25). The predicted molar refractivity (Wildman–Crippen MR) is 104 cm³/mol. The van der Waals surface area contributed by atoms with Crippen LogP contribution in [0, 0.1) is 5.82 Å². The Balaban J connectivity index is 2.32. The SMILES string of the molecule is CCNc1c(CC(C)O)nc(NC)nc1-c1ccc(F)c2ccccc12. The van der Waals surface area contributed by atoms with Crippen LogP contribution in [0.3, 0.4) is 0 Å². The molecule has 1 heterocycles. The fourth-order valence-corrected chi connectivity index (χ4v) is 3.07. The lowest BCUT2D eigenvalue weighted by Crippen LogP contribution is -2.14. The van der Waals surface area contributed by atoms with Crippen molar-refractivity contribution in [2.75, 3.05) is 24.2 Å². The molecular weight excluding hydrogens is 331 g/mol. The minimum Gasteiger partial charge on any atom is -0.393 e. The predicted octanol–water partition coefficient (Wildman–Crippen LogP) is 3.83. The monoisotopic (exact) mass is 354 g/mol. The van der Waals surface area contributed by atoms with Gasteiger partial charge in [-0.05, 0) is 31.4 Å². The van der Waals surface area contributed by atoms with Crippen LogP contribution >= 0.6 is 0 Å². The van der Waals surface area contributed by atoms with Crippen LogP contribution in [-0.2, 0) is 6.42 Å². The molecule has 0 saturated carbocycles. The highest BCUT2D eigenvalue weighted by Gasteiger charge is 2.19. The van der Waals surface area contributed by atoms with Crippen molar-refractivity contribution in [1.82, 2.24) is 9.97 Å². The summed E-state index contributed by atoms with van der Waals surface area (Å²) in [6.45, 7) is 4.40. The molecule has 0 aliphatic carbocycles. The molecule has 3 rings (SSSR count). The Kier molecular flexibility index (Phi) is 5.32. The molecule has 0 aliphatic rings. The third kappa shape index (κ3) is 3.46. The summed E-state index contributed by atoms with van der Waals surface area (Å²) in [7, 11) is 1.75. The smallest absolute Gasteiger partial charge is 0.223 e. The number of fused-ring (bicyclic) bond motifs is 1. The first kappa shape index (κ1) is 18.1. The number of anilines is 2. The normalized spacial score (nSPS) is 12.2. The Bertz CT molecular complexity index is 927. The Labute approximate surface area is 152 Å². The summed E-state index contributed by atoms with van der Waals surface area (Å²) in [4.78, 5) is 9.15. The zero-order valence-corrected chi connectivity index (χ0v) is 15.2. The zero-order valence-electron chi connectivity index (χ0n) is 15.2. The molecular formula is C20H23FN4O. The number of aliphatic hydroxyl groups excluding tert-OH is 1. The van der Waals surface area contributed by atoms with Crippen LogP contribution in [0.1, 0.15) is 19.5 Å². The Morgan fingerprint density at radius 2 is 1.85 bits per heavy atom. The highest BCUT2D eigenvalue weighted by atomic mass is 19.1. The molecule has 6 heteroatoms. The van der Waals surface area contributed by atoms with E-state index in [1.165, 1.54) is 6.07 Å². The Morgan fingerprint density at radius 1 is 1.12 bits per heavy atom. The number of benzene rings is 2. The molecule has 1 aromatic heterocycles. The maximum absolute atomic E-state index is 14.2.